The molecule has 2 atom stereocenters. The molecular formula is C21H31N3O5S2. The van der Waals surface area contributed by atoms with Gasteiger partial charge < -0.3 is 5.32 Å². The summed E-state index contributed by atoms with van der Waals surface area (Å²) >= 11 is 0. The number of nitrogens with zero attached hydrogens (tertiary/aromatic N) is 2. The zero-order chi connectivity index (χ0) is 22.1. The number of amides is 1. The summed E-state index contributed by atoms with van der Waals surface area (Å²) in [5.41, 5.74) is 0. The number of carbonyl (C=O) groups excluding carboxylic acids is 1. The molecule has 0 bridgehead atoms. The number of hydrogen-bond acceptors (Lipinski definition) is 6. The first-order valence-corrected chi connectivity index (χ1v) is 14.3. The fourth-order valence-electron chi connectivity index (χ4n) is 4.98. The Morgan fingerprint density at radius 1 is 0.935 bits per heavy atom. The van der Waals surface area contributed by atoms with E-state index in [9.17, 15) is 21.6 Å². The molecule has 4 rings (SSSR count). The van der Waals surface area contributed by atoms with Gasteiger partial charge in [0.05, 0.1) is 22.4 Å². The van der Waals surface area contributed by atoms with Crippen LogP contribution in [-0.2, 0) is 24.7 Å². The van der Waals surface area contributed by atoms with Gasteiger partial charge in [0.15, 0.2) is 9.84 Å². The van der Waals surface area contributed by atoms with E-state index in [0.717, 1.165) is 32.4 Å². The van der Waals surface area contributed by atoms with Crippen molar-refractivity contribution >= 4 is 25.8 Å². The summed E-state index contributed by atoms with van der Waals surface area (Å²) in [6.07, 6.45) is 4.16. The fraction of sp³-hybridized carbons (Fsp3) is 0.667. The second-order valence-corrected chi connectivity index (χ2v) is 12.9. The van der Waals surface area contributed by atoms with Gasteiger partial charge >= 0.3 is 0 Å². The van der Waals surface area contributed by atoms with Crippen molar-refractivity contribution in [3.8, 4) is 0 Å². The van der Waals surface area contributed by atoms with Crippen LogP contribution in [0.5, 0.6) is 0 Å². The van der Waals surface area contributed by atoms with Crippen LogP contribution in [-0.4, -0.2) is 81.7 Å². The molecule has 3 heterocycles. The van der Waals surface area contributed by atoms with Crippen molar-refractivity contribution in [3.05, 3.63) is 30.3 Å². The van der Waals surface area contributed by atoms with Crippen LogP contribution in [0.3, 0.4) is 0 Å². The Bertz CT molecular complexity index is 983. The van der Waals surface area contributed by atoms with Crippen LogP contribution in [0, 0.1) is 5.92 Å². The van der Waals surface area contributed by atoms with Crippen LogP contribution in [0.1, 0.15) is 32.1 Å². The lowest BCUT2D eigenvalue weighted by Crippen LogP contribution is -2.54. The highest BCUT2D eigenvalue weighted by Crippen LogP contribution is 2.26. The predicted molar refractivity (Wildman–Crippen MR) is 118 cm³/mol. The van der Waals surface area contributed by atoms with Crippen LogP contribution in [0.15, 0.2) is 35.2 Å². The molecule has 3 aliphatic rings. The lowest BCUT2D eigenvalue weighted by Gasteiger charge is -2.36. The van der Waals surface area contributed by atoms with Gasteiger partial charge in [0.1, 0.15) is 0 Å². The number of likely N-dealkylation sites (tertiary alicyclic amines) is 1. The third-order valence-electron chi connectivity index (χ3n) is 6.72. The molecule has 1 aromatic carbocycles. The molecule has 3 saturated heterocycles. The Balaban J connectivity index is 1.36. The second kappa shape index (κ2) is 9.17. The molecular weight excluding hydrogens is 438 g/mol. The number of carbonyl (C=O) groups is 1. The van der Waals surface area contributed by atoms with E-state index in [1.54, 1.807) is 30.3 Å². The maximum absolute atomic E-state index is 12.9. The summed E-state index contributed by atoms with van der Waals surface area (Å²) in [6, 6.07) is 7.78. The topological polar surface area (TPSA) is 104 Å². The van der Waals surface area contributed by atoms with E-state index < -0.39 is 19.9 Å². The molecule has 3 aliphatic heterocycles. The molecule has 2 unspecified atom stereocenters. The highest BCUT2D eigenvalue weighted by Gasteiger charge is 2.43. The van der Waals surface area contributed by atoms with E-state index in [1.165, 1.54) is 4.31 Å². The van der Waals surface area contributed by atoms with Crippen LogP contribution >= 0.6 is 0 Å². The van der Waals surface area contributed by atoms with E-state index in [0.29, 0.717) is 12.8 Å². The SMILES string of the molecule is O=C(NC1CS(=O)(=O)CC1N1CCCCC1)C1CCN(S(=O)(=O)c2ccccc2)CC1. The van der Waals surface area contributed by atoms with E-state index in [1.807, 2.05) is 0 Å². The Hall–Kier alpha value is -1.49. The van der Waals surface area contributed by atoms with Gasteiger partial charge in [-0.2, -0.15) is 4.31 Å². The molecule has 31 heavy (non-hydrogen) atoms. The first-order chi connectivity index (χ1) is 14.8. The molecule has 3 fully saturated rings. The van der Waals surface area contributed by atoms with Crippen molar-refractivity contribution in [2.24, 2.45) is 5.92 Å². The fourth-order valence-corrected chi connectivity index (χ4v) is 8.42. The number of nitrogens with one attached hydrogen (secondary N) is 1. The second-order valence-electron chi connectivity index (χ2n) is 8.85. The summed E-state index contributed by atoms with van der Waals surface area (Å²) in [7, 11) is -6.73. The van der Waals surface area contributed by atoms with Gasteiger partial charge in [0, 0.05) is 25.0 Å². The standard InChI is InChI=1S/C21H31N3O5S2/c25-21(22-19-15-30(26,27)16-20(19)23-11-5-2-6-12-23)17-9-13-24(14-10-17)31(28,29)18-7-3-1-4-8-18/h1,3-4,7-8,17,19-20H,2,5-6,9-16H2,(H,22,25). The van der Waals surface area contributed by atoms with E-state index in [4.69, 9.17) is 0 Å². The molecule has 0 spiro atoms. The zero-order valence-corrected chi connectivity index (χ0v) is 19.3. The molecule has 0 aliphatic carbocycles. The Kier molecular flexibility index (Phi) is 6.71. The van der Waals surface area contributed by atoms with Crippen LogP contribution < -0.4 is 5.32 Å². The van der Waals surface area contributed by atoms with E-state index in [-0.39, 0.29) is 53.4 Å². The minimum Gasteiger partial charge on any atom is -0.350 e. The third kappa shape index (κ3) is 5.13. The van der Waals surface area contributed by atoms with Crippen molar-refractivity contribution in [1.82, 2.24) is 14.5 Å². The quantitative estimate of drug-likeness (QED) is 0.686. The highest BCUT2D eigenvalue weighted by molar-refractivity contribution is 7.91. The summed E-state index contributed by atoms with van der Waals surface area (Å²) in [6.45, 7) is 2.33. The third-order valence-corrected chi connectivity index (χ3v) is 10.3. The van der Waals surface area contributed by atoms with Crippen molar-refractivity contribution in [2.75, 3.05) is 37.7 Å². The lowest BCUT2D eigenvalue weighted by atomic mass is 9.96. The first kappa shape index (κ1) is 22.7. The number of sulfonamides is 1. The molecule has 8 nitrogen and oxygen atoms in total. The maximum atomic E-state index is 12.9. The van der Waals surface area contributed by atoms with Crippen molar-refractivity contribution in [2.45, 2.75) is 49.1 Å². The predicted octanol–water partition coefficient (Wildman–Crippen LogP) is 0.855. The Labute approximate surface area is 185 Å². The normalized spacial score (nSPS) is 28.4. The first-order valence-electron chi connectivity index (χ1n) is 11.1. The number of rotatable bonds is 5. The monoisotopic (exact) mass is 469 g/mol. The molecule has 10 heteroatoms. The Morgan fingerprint density at radius 3 is 2.23 bits per heavy atom. The zero-order valence-electron chi connectivity index (χ0n) is 17.6. The van der Waals surface area contributed by atoms with Crippen LogP contribution in [0.2, 0.25) is 0 Å². The summed E-state index contributed by atoms with van der Waals surface area (Å²) in [5.74, 6) is -0.360. The van der Waals surface area contributed by atoms with Crippen LogP contribution in [0.4, 0.5) is 0 Å². The smallest absolute Gasteiger partial charge is 0.243 e. The van der Waals surface area contributed by atoms with E-state index in [2.05, 4.69) is 10.2 Å². The molecule has 172 valence electrons. The van der Waals surface area contributed by atoms with Crippen molar-refractivity contribution in [3.63, 3.8) is 0 Å². The number of piperidine rings is 2. The average Bonchev–Trinajstić information content (AvgIpc) is 3.09. The summed E-state index contributed by atoms with van der Waals surface area (Å²) < 4.78 is 51.6. The van der Waals surface area contributed by atoms with Gasteiger partial charge in [-0.15, -0.1) is 0 Å². The highest BCUT2D eigenvalue weighted by atomic mass is 32.2. The molecule has 1 aromatic rings. The van der Waals surface area contributed by atoms with Gasteiger partial charge in [-0.25, -0.2) is 16.8 Å². The summed E-state index contributed by atoms with van der Waals surface area (Å²) in [5, 5.41) is 3.01. The van der Waals surface area contributed by atoms with Crippen molar-refractivity contribution < 1.29 is 21.6 Å². The molecule has 0 radical (unpaired) electrons. The molecule has 0 saturated carbocycles. The number of sulfone groups is 1. The van der Waals surface area contributed by atoms with Crippen LogP contribution in [0.25, 0.3) is 0 Å². The van der Waals surface area contributed by atoms with Crippen molar-refractivity contribution in [1.29, 1.82) is 0 Å². The average molecular weight is 470 g/mol. The number of benzene rings is 1. The number of hydrogen-bond donors (Lipinski definition) is 1. The largest absolute Gasteiger partial charge is 0.350 e. The van der Waals surface area contributed by atoms with Gasteiger partial charge in [0.25, 0.3) is 0 Å². The van der Waals surface area contributed by atoms with E-state index >= 15 is 0 Å². The maximum Gasteiger partial charge on any atom is 0.243 e. The van der Waals surface area contributed by atoms with Gasteiger partial charge in [-0.05, 0) is 50.9 Å². The molecule has 0 aromatic heterocycles. The van der Waals surface area contributed by atoms with Gasteiger partial charge in [-0.1, -0.05) is 24.6 Å². The minimum atomic E-state index is -3.56. The lowest BCUT2D eigenvalue weighted by molar-refractivity contribution is -0.127. The molecule has 1 amide bonds. The van der Waals surface area contributed by atoms with Gasteiger partial charge in [-0.3, -0.25) is 9.69 Å². The Morgan fingerprint density at radius 2 is 1.58 bits per heavy atom. The molecule has 1 N–H and O–H groups in total. The minimum absolute atomic E-state index is 0.0128. The summed E-state index contributed by atoms with van der Waals surface area (Å²) in [4.78, 5) is 15.4. The van der Waals surface area contributed by atoms with Gasteiger partial charge in [0.2, 0.25) is 15.9 Å².